The van der Waals surface area contributed by atoms with E-state index in [4.69, 9.17) is 5.73 Å². The van der Waals surface area contributed by atoms with E-state index in [9.17, 15) is 9.59 Å². The van der Waals surface area contributed by atoms with Crippen LogP contribution in [0.25, 0.3) is 0 Å². The van der Waals surface area contributed by atoms with Crippen molar-refractivity contribution in [2.24, 2.45) is 16.3 Å². The van der Waals surface area contributed by atoms with Crippen molar-refractivity contribution in [2.75, 3.05) is 0 Å². The molecule has 3 rings (SSSR count). The van der Waals surface area contributed by atoms with E-state index in [1.807, 2.05) is 11.4 Å². The topological polar surface area (TPSA) is 106 Å². The number of piperidine rings is 1. The molecule has 7 nitrogen and oxygen atoms in total. The van der Waals surface area contributed by atoms with Crippen molar-refractivity contribution in [3.05, 3.63) is 21.9 Å². The quantitative estimate of drug-likeness (QED) is 0.317. The van der Waals surface area contributed by atoms with Crippen molar-refractivity contribution < 1.29 is 14.4 Å². The predicted octanol–water partition coefficient (Wildman–Crippen LogP) is 0.688. The van der Waals surface area contributed by atoms with E-state index >= 15 is 0 Å². The SMILES string of the molecule is CC(=O)O/N=C(\N)c1csc(CNC(=O)[C@@H]2C[C@]3(C)C[C@@H]3N2)c1. The Labute approximate surface area is 138 Å². The number of nitrogens with zero attached hydrogens (tertiary/aromatic N) is 1. The fraction of sp³-hybridized carbons (Fsp3) is 0.533. The van der Waals surface area contributed by atoms with E-state index in [0.717, 1.165) is 11.3 Å². The molecule has 1 aromatic rings. The number of nitrogens with one attached hydrogen (secondary N) is 2. The van der Waals surface area contributed by atoms with Crippen LogP contribution < -0.4 is 16.4 Å². The van der Waals surface area contributed by atoms with E-state index in [0.29, 0.717) is 23.6 Å². The second-order valence-electron chi connectivity index (χ2n) is 6.41. The number of thiophene rings is 1. The Morgan fingerprint density at radius 1 is 1.57 bits per heavy atom. The molecule has 23 heavy (non-hydrogen) atoms. The third-order valence-electron chi connectivity index (χ3n) is 4.40. The molecule has 2 fully saturated rings. The van der Waals surface area contributed by atoms with Crippen LogP contribution in [0.1, 0.15) is 37.1 Å². The largest absolute Gasteiger partial charge is 0.380 e. The molecule has 0 bridgehead atoms. The van der Waals surface area contributed by atoms with Crippen molar-refractivity contribution in [2.45, 2.75) is 45.3 Å². The molecule has 1 aliphatic carbocycles. The molecule has 0 radical (unpaired) electrons. The molecular weight excluding hydrogens is 316 g/mol. The Kier molecular flexibility index (Phi) is 4.11. The summed E-state index contributed by atoms with van der Waals surface area (Å²) < 4.78 is 0. The third-order valence-corrected chi connectivity index (χ3v) is 5.34. The van der Waals surface area contributed by atoms with Crippen LogP contribution in [0.15, 0.2) is 16.6 Å². The Morgan fingerprint density at radius 3 is 3.00 bits per heavy atom. The number of hydrogen-bond donors (Lipinski definition) is 3. The van der Waals surface area contributed by atoms with Gasteiger partial charge in [-0.1, -0.05) is 12.1 Å². The average Bonchev–Trinajstić information content (AvgIpc) is 2.89. The number of hydrogen-bond acceptors (Lipinski definition) is 6. The zero-order chi connectivity index (χ0) is 16.6. The minimum atomic E-state index is -0.522. The van der Waals surface area contributed by atoms with Crippen LogP contribution in [0, 0.1) is 5.41 Å². The molecule has 1 amide bonds. The summed E-state index contributed by atoms with van der Waals surface area (Å²) in [7, 11) is 0. The lowest BCUT2D eigenvalue weighted by atomic mass is 10.0. The van der Waals surface area contributed by atoms with Gasteiger partial charge in [0.1, 0.15) is 0 Å². The molecule has 4 N–H and O–H groups in total. The van der Waals surface area contributed by atoms with E-state index < -0.39 is 5.97 Å². The van der Waals surface area contributed by atoms with Crippen molar-refractivity contribution in [3.8, 4) is 0 Å². The minimum Gasteiger partial charge on any atom is -0.380 e. The number of amidine groups is 1. The van der Waals surface area contributed by atoms with Crippen LogP contribution in [0.2, 0.25) is 0 Å². The molecule has 1 saturated carbocycles. The van der Waals surface area contributed by atoms with Gasteiger partial charge in [-0.2, -0.15) is 0 Å². The molecule has 0 aromatic carbocycles. The number of carbonyl (C=O) groups excluding carboxylic acids is 2. The van der Waals surface area contributed by atoms with Gasteiger partial charge in [0.25, 0.3) is 0 Å². The molecule has 2 aliphatic rings. The summed E-state index contributed by atoms with van der Waals surface area (Å²) in [6.07, 6.45) is 2.08. The summed E-state index contributed by atoms with van der Waals surface area (Å²) in [5.41, 5.74) is 6.72. The summed E-state index contributed by atoms with van der Waals surface area (Å²) >= 11 is 1.47. The average molecular weight is 336 g/mol. The Morgan fingerprint density at radius 2 is 2.35 bits per heavy atom. The summed E-state index contributed by atoms with van der Waals surface area (Å²) in [4.78, 5) is 28.3. The van der Waals surface area contributed by atoms with Crippen LogP contribution in [-0.4, -0.2) is 29.8 Å². The fourth-order valence-electron chi connectivity index (χ4n) is 2.90. The van der Waals surface area contributed by atoms with Crippen LogP contribution >= 0.6 is 11.3 Å². The zero-order valence-electron chi connectivity index (χ0n) is 13.1. The monoisotopic (exact) mass is 336 g/mol. The minimum absolute atomic E-state index is 0.0370. The van der Waals surface area contributed by atoms with Gasteiger partial charge in [-0.3, -0.25) is 4.79 Å². The summed E-state index contributed by atoms with van der Waals surface area (Å²) in [5, 5.41) is 11.7. The number of oxime groups is 1. The predicted molar refractivity (Wildman–Crippen MR) is 86.7 cm³/mol. The molecule has 1 saturated heterocycles. The molecule has 3 atom stereocenters. The van der Waals surface area contributed by atoms with Gasteiger partial charge in [-0.15, -0.1) is 11.3 Å². The number of amides is 1. The number of carbonyl (C=O) groups is 2. The van der Waals surface area contributed by atoms with Gasteiger partial charge < -0.3 is 21.2 Å². The highest BCUT2D eigenvalue weighted by molar-refractivity contribution is 7.10. The Balaban J connectivity index is 1.50. The van der Waals surface area contributed by atoms with Crippen molar-refractivity contribution in [1.82, 2.24) is 10.6 Å². The lowest BCUT2D eigenvalue weighted by Gasteiger charge is -2.13. The van der Waals surface area contributed by atoms with Gasteiger partial charge >= 0.3 is 5.97 Å². The highest BCUT2D eigenvalue weighted by Gasteiger charge is 2.57. The second-order valence-corrected chi connectivity index (χ2v) is 7.41. The highest BCUT2D eigenvalue weighted by atomic mass is 32.1. The third kappa shape index (κ3) is 3.53. The van der Waals surface area contributed by atoms with Gasteiger partial charge in [0.05, 0.1) is 12.6 Å². The van der Waals surface area contributed by atoms with E-state index in [1.165, 1.54) is 24.7 Å². The first kappa shape index (κ1) is 15.9. The van der Waals surface area contributed by atoms with Crippen molar-refractivity contribution in [1.29, 1.82) is 0 Å². The Hall–Kier alpha value is -1.93. The lowest BCUT2D eigenvalue weighted by Crippen LogP contribution is -2.41. The molecule has 2 heterocycles. The van der Waals surface area contributed by atoms with Crippen LogP contribution in [0.5, 0.6) is 0 Å². The number of rotatable bonds is 5. The first-order valence-electron chi connectivity index (χ1n) is 7.50. The maximum atomic E-state index is 12.2. The molecular formula is C15H20N4O3S. The van der Waals surface area contributed by atoms with Gasteiger partial charge in [0, 0.05) is 28.8 Å². The zero-order valence-corrected chi connectivity index (χ0v) is 13.9. The summed E-state index contributed by atoms with van der Waals surface area (Å²) in [6, 6.07) is 2.24. The molecule has 124 valence electrons. The summed E-state index contributed by atoms with van der Waals surface area (Å²) in [5.74, 6) is -0.346. The van der Waals surface area contributed by atoms with Crippen molar-refractivity contribution >= 4 is 29.0 Å². The first-order chi connectivity index (χ1) is 10.9. The number of fused-ring (bicyclic) bond motifs is 1. The standard InChI is InChI=1S/C15H20N4O3S/c1-8(20)22-19-13(16)9-3-10(23-7-9)6-17-14(21)11-4-15(2)5-12(15)18-11/h3,7,11-12,18H,4-6H2,1-2H3,(H2,16,19)(H,17,21)/t11-,12-,15+/m0/s1. The Bertz CT molecular complexity index is 671. The van der Waals surface area contributed by atoms with Gasteiger partial charge in [-0.25, -0.2) is 4.79 Å². The molecule has 1 aliphatic heterocycles. The van der Waals surface area contributed by atoms with E-state index in [2.05, 4.69) is 27.6 Å². The van der Waals surface area contributed by atoms with Crippen LogP contribution in [0.3, 0.4) is 0 Å². The molecule has 0 spiro atoms. The lowest BCUT2D eigenvalue weighted by molar-refractivity contribution is -0.140. The second kappa shape index (κ2) is 5.93. The smallest absolute Gasteiger partial charge is 0.332 e. The van der Waals surface area contributed by atoms with Gasteiger partial charge in [0.15, 0.2) is 5.84 Å². The van der Waals surface area contributed by atoms with Crippen LogP contribution in [0.4, 0.5) is 0 Å². The number of nitrogens with two attached hydrogens (primary N) is 1. The molecule has 8 heteroatoms. The van der Waals surface area contributed by atoms with E-state index in [-0.39, 0.29) is 17.8 Å². The molecule has 1 aromatic heterocycles. The molecule has 0 unspecified atom stereocenters. The van der Waals surface area contributed by atoms with Gasteiger partial charge in [0.2, 0.25) is 5.91 Å². The highest BCUT2D eigenvalue weighted by Crippen LogP contribution is 2.53. The maximum absolute atomic E-state index is 12.2. The first-order valence-corrected chi connectivity index (χ1v) is 8.38. The van der Waals surface area contributed by atoms with Gasteiger partial charge in [-0.05, 0) is 24.3 Å². The van der Waals surface area contributed by atoms with Crippen molar-refractivity contribution in [3.63, 3.8) is 0 Å². The van der Waals surface area contributed by atoms with E-state index in [1.54, 1.807) is 0 Å². The van der Waals surface area contributed by atoms with Crippen LogP contribution in [-0.2, 0) is 21.0 Å². The normalized spacial score (nSPS) is 29.0. The fourth-order valence-corrected chi connectivity index (χ4v) is 3.72. The summed E-state index contributed by atoms with van der Waals surface area (Å²) in [6.45, 7) is 3.92. The maximum Gasteiger partial charge on any atom is 0.332 e.